The fraction of sp³-hybridized carbons (Fsp3) is 0.348. The average Bonchev–Trinajstić information content (AvgIpc) is 3.13. The minimum atomic E-state index is -1.56. The molecule has 0 aromatic heterocycles. The smallest absolute Gasteiger partial charge is 0.194 e. The summed E-state index contributed by atoms with van der Waals surface area (Å²) < 4.78 is 110. The van der Waals surface area contributed by atoms with Crippen LogP contribution in [0.2, 0.25) is 0 Å². The van der Waals surface area contributed by atoms with E-state index >= 15 is 0 Å². The fourth-order valence-corrected chi connectivity index (χ4v) is 8.48. The summed E-state index contributed by atoms with van der Waals surface area (Å²) in [7, 11) is 0. The molecule has 0 N–H and O–H groups in total. The van der Waals surface area contributed by atoms with Crippen molar-refractivity contribution in [3.05, 3.63) is 142 Å². The number of hydrogen-bond acceptors (Lipinski definition) is 0. The average molecular weight is 749 g/mol. The van der Waals surface area contributed by atoms with Crippen LogP contribution in [0.1, 0.15) is 86.5 Å². The second kappa shape index (κ2) is 16.5. The number of hydrogen-bond donors (Lipinski definition) is 0. The molecule has 0 aliphatic heterocycles. The van der Waals surface area contributed by atoms with Gasteiger partial charge in [-0.05, 0) is 158 Å². The van der Waals surface area contributed by atoms with Crippen molar-refractivity contribution in [3.8, 4) is 33.4 Å². The molecule has 2 aliphatic rings. The second-order valence-electron chi connectivity index (χ2n) is 15.4. The first-order valence-electron chi connectivity index (χ1n) is 18.7. The molecule has 0 spiro atoms. The third kappa shape index (κ3) is 8.58. The molecule has 2 aliphatic carbocycles. The van der Waals surface area contributed by atoms with Gasteiger partial charge < -0.3 is 0 Å². The Hall–Kier alpha value is -4.46. The van der Waals surface area contributed by atoms with Crippen LogP contribution in [0.4, 0.5) is 35.1 Å². The highest BCUT2D eigenvalue weighted by molar-refractivity contribution is 5.74. The Morgan fingerprint density at radius 3 is 1.26 bits per heavy atom. The maximum absolute atomic E-state index is 15.0. The van der Waals surface area contributed by atoms with Gasteiger partial charge in [0.05, 0.1) is 0 Å². The molecule has 0 heterocycles. The molecule has 284 valence electrons. The van der Waals surface area contributed by atoms with Crippen LogP contribution in [0.5, 0.6) is 0 Å². The molecule has 0 radical (unpaired) electrons. The van der Waals surface area contributed by atoms with Crippen LogP contribution >= 0.6 is 0 Å². The Morgan fingerprint density at radius 1 is 0.407 bits per heavy atom. The van der Waals surface area contributed by atoms with Crippen molar-refractivity contribution in [2.45, 2.75) is 85.0 Å². The highest BCUT2D eigenvalue weighted by Gasteiger charge is 2.31. The molecule has 0 bridgehead atoms. The molecule has 0 amide bonds. The summed E-state index contributed by atoms with van der Waals surface area (Å²) in [5.41, 5.74) is 4.89. The largest absolute Gasteiger partial charge is 0.206 e. The van der Waals surface area contributed by atoms with E-state index < -0.39 is 46.5 Å². The molecule has 0 unspecified atom stereocenters. The van der Waals surface area contributed by atoms with E-state index in [0.29, 0.717) is 22.6 Å². The van der Waals surface area contributed by atoms with Gasteiger partial charge in [-0.1, -0.05) is 61.7 Å². The van der Waals surface area contributed by atoms with Gasteiger partial charge in [-0.15, -0.1) is 0 Å². The number of rotatable bonds is 5. The molecular weight excluding hydrogens is 704 g/mol. The van der Waals surface area contributed by atoms with Crippen molar-refractivity contribution in [1.82, 2.24) is 0 Å². The molecule has 0 atom stereocenters. The zero-order valence-corrected chi connectivity index (χ0v) is 30.9. The summed E-state index contributed by atoms with van der Waals surface area (Å²) >= 11 is 0. The Morgan fingerprint density at radius 2 is 0.815 bits per heavy atom. The van der Waals surface area contributed by atoms with E-state index in [9.17, 15) is 35.1 Å². The van der Waals surface area contributed by atoms with E-state index in [2.05, 4.69) is 6.92 Å². The van der Waals surface area contributed by atoms with Crippen molar-refractivity contribution < 1.29 is 35.1 Å². The van der Waals surface area contributed by atoms with Gasteiger partial charge in [0, 0.05) is 11.1 Å². The van der Waals surface area contributed by atoms with E-state index in [0.717, 1.165) is 71.6 Å². The minimum Gasteiger partial charge on any atom is -0.206 e. The topological polar surface area (TPSA) is 0 Å². The lowest BCUT2D eigenvalue weighted by Crippen LogP contribution is -2.24. The third-order valence-corrected chi connectivity index (χ3v) is 11.5. The highest BCUT2D eigenvalue weighted by atomic mass is 19.2. The van der Waals surface area contributed by atoms with Crippen LogP contribution in [0.3, 0.4) is 0 Å². The molecule has 0 saturated heterocycles. The van der Waals surface area contributed by atoms with Gasteiger partial charge in [-0.2, -0.15) is 0 Å². The SMILES string of the molecule is Cc1cc(C2CCC(C3CCC(C)CC3)CC2)cc(F)c1-c1cc(F)c(F)c(F)c1.Cc1ccc(-c2cc(C)c(-c3cc(F)c(F)c(F)c3)c(F)c2)cc1. The van der Waals surface area contributed by atoms with Crippen LogP contribution in [0.25, 0.3) is 33.4 Å². The Labute approximate surface area is 312 Å². The Kier molecular flexibility index (Phi) is 12.0. The van der Waals surface area contributed by atoms with Crippen LogP contribution in [-0.4, -0.2) is 0 Å². The predicted molar refractivity (Wildman–Crippen MR) is 199 cm³/mol. The maximum Gasteiger partial charge on any atom is 0.194 e. The minimum absolute atomic E-state index is 0.0307. The molecule has 5 aromatic rings. The van der Waals surface area contributed by atoms with E-state index in [1.54, 1.807) is 19.9 Å². The second-order valence-corrected chi connectivity index (χ2v) is 15.4. The summed E-state index contributed by atoms with van der Waals surface area (Å²) in [6.07, 6.45) is 9.92. The van der Waals surface area contributed by atoms with Gasteiger partial charge in [-0.3, -0.25) is 0 Å². The molecule has 8 heteroatoms. The van der Waals surface area contributed by atoms with Crippen LogP contribution in [0.15, 0.2) is 72.8 Å². The van der Waals surface area contributed by atoms with E-state index in [-0.39, 0.29) is 22.3 Å². The molecular formula is C46H44F8. The van der Waals surface area contributed by atoms with Crippen molar-refractivity contribution >= 4 is 0 Å². The van der Waals surface area contributed by atoms with Crippen molar-refractivity contribution in [2.24, 2.45) is 17.8 Å². The van der Waals surface area contributed by atoms with Crippen LogP contribution in [0, 0.1) is 85.1 Å². The molecule has 0 nitrogen and oxygen atoms in total. The van der Waals surface area contributed by atoms with Gasteiger partial charge in [0.2, 0.25) is 0 Å². The predicted octanol–water partition coefficient (Wildman–Crippen LogP) is 14.5. The third-order valence-electron chi connectivity index (χ3n) is 11.5. The first-order chi connectivity index (χ1) is 25.7. The van der Waals surface area contributed by atoms with Gasteiger partial charge >= 0.3 is 0 Å². The Balaban J connectivity index is 0.000000189. The van der Waals surface area contributed by atoms with Crippen LogP contribution < -0.4 is 0 Å². The molecule has 7 rings (SSSR count). The number of halogens is 8. The van der Waals surface area contributed by atoms with Gasteiger partial charge in [0.15, 0.2) is 34.9 Å². The van der Waals surface area contributed by atoms with Gasteiger partial charge in [0.25, 0.3) is 0 Å². The van der Waals surface area contributed by atoms with E-state index in [1.165, 1.54) is 50.7 Å². The molecule has 2 saturated carbocycles. The lowest BCUT2D eigenvalue weighted by Gasteiger charge is -2.37. The van der Waals surface area contributed by atoms with Crippen molar-refractivity contribution in [1.29, 1.82) is 0 Å². The van der Waals surface area contributed by atoms with Crippen molar-refractivity contribution in [2.75, 3.05) is 0 Å². The zero-order chi connectivity index (χ0) is 38.8. The number of benzene rings is 5. The quantitative estimate of drug-likeness (QED) is 0.124. The first-order valence-corrected chi connectivity index (χ1v) is 18.7. The van der Waals surface area contributed by atoms with Crippen LogP contribution in [-0.2, 0) is 0 Å². The van der Waals surface area contributed by atoms with E-state index in [4.69, 9.17) is 0 Å². The Bertz CT molecular complexity index is 2030. The standard InChI is InChI=1S/C26H30F4.C20H14F4/c1-15-3-5-17(6-4-15)18-7-9-19(10-8-18)20-11-16(2)25(22(27)12-20)21-13-23(28)26(30)24(29)14-21;1-11-3-5-13(6-4-11)14-7-12(2)19(16(21)8-14)15-9-17(22)20(24)18(23)10-15/h11-15,17-19H,3-10H2,1-2H3;3-10H,1-2H3. The molecule has 2 fully saturated rings. The summed E-state index contributed by atoms with van der Waals surface area (Å²) in [6.45, 7) is 7.70. The maximum atomic E-state index is 15.0. The lowest BCUT2D eigenvalue weighted by molar-refractivity contribution is 0.165. The number of aryl methyl sites for hydroxylation is 3. The summed E-state index contributed by atoms with van der Waals surface area (Å²) in [5.74, 6) is -6.65. The molecule has 5 aromatic carbocycles. The summed E-state index contributed by atoms with van der Waals surface area (Å²) in [4.78, 5) is 0. The lowest BCUT2D eigenvalue weighted by atomic mass is 9.68. The molecule has 54 heavy (non-hydrogen) atoms. The summed E-state index contributed by atoms with van der Waals surface area (Å²) in [6, 6.07) is 17.4. The highest BCUT2D eigenvalue weighted by Crippen LogP contribution is 2.45. The monoisotopic (exact) mass is 748 g/mol. The van der Waals surface area contributed by atoms with E-state index in [1.807, 2.05) is 37.3 Å². The first kappa shape index (κ1) is 39.2. The summed E-state index contributed by atoms with van der Waals surface area (Å²) in [5, 5.41) is 0. The zero-order valence-electron chi connectivity index (χ0n) is 30.9. The van der Waals surface area contributed by atoms with Crippen molar-refractivity contribution in [3.63, 3.8) is 0 Å². The fourth-order valence-electron chi connectivity index (χ4n) is 8.48. The van der Waals surface area contributed by atoms with Gasteiger partial charge in [0.1, 0.15) is 11.6 Å². The normalized spacial score (nSPS) is 20.0. The van der Waals surface area contributed by atoms with Gasteiger partial charge in [-0.25, -0.2) is 35.1 Å².